The number of benzene rings is 2. The van der Waals surface area contributed by atoms with E-state index in [1.54, 1.807) is 6.07 Å². The van der Waals surface area contributed by atoms with Gasteiger partial charge in [-0.3, -0.25) is 0 Å². The van der Waals surface area contributed by atoms with E-state index in [1.165, 1.54) is 0 Å². The number of fused-ring (bicyclic) bond motifs is 1. The lowest BCUT2D eigenvalue weighted by molar-refractivity contribution is 1.53. The van der Waals surface area contributed by atoms with E-state index in [2.05, 4.69) is 14.1 Å². The standard InChI is InChI=1S/C13H9ClN4S2/c14-9-5-6-10-12(18-20-17-10)11(9)16-8-3-1-7(2-4-8)13(15)19/h1-6,16H,(H2,15,19). The van der Waals surface area contributed by atoms with Crippen LogP contribution in [0.3, 0.4) is 0 Å². The van der Waals surface area contributed by atoms with Crippen LogP contribution in [0.15, 0.2) is 36.4 Å². The van der Waals surface area contributed by atoms with E-state index in [0.29, 0.717) is 10.0 Å². The molecule has 1 aromatic heterocycles. The second-order valence-electron chi connectivity index (χ2n) is 4.12. The molecule has 0 amide bonds. The van der Waals surface area contributed by atoms with Gasteiger partial charge < -0.3 is 11.1 Å². The Bertz CT molecular complexity index is 783. The van der Waals surface area contributed by atoms with Crippen LogP contribution in [0.4, 0.5) is 11.4 Å². The van der Waals surface area contributed by atoms with Crippen molar-refractivity contribution >= 4 is 62.9 Å². The quantitative estimate of drug-likeness (QED) is 0.720. The summed E-state index contributed by atoms with van der Waals surface area (Å²) in [7, 11) is 0. The van der Waals surface area contributed by atoms with Gasteiger partial charge in [-0.1, -0.05) is 23.8 Å². The Balaban J connectivity index is 1.98. The summed E-state index contributed by atoms with van der Waals surface area (Å²) in [5.74, 6) is 0. The van der Waals surface area contributed by atoms with E-state index < -0.39 is 0 Å². The van der Waals surface area contributed by atoms with Gasteiger partial charge in [-0.05, 0) is 36.4 Å². The first kappa shape index (κ1) is 13.2. The van der Waals surface area contributed by atoms with Crippen LogP contribution in [-0.2, 0) is 0 Å². The fourth-order valence-electron chi connectivity index (χ4n) is 1.81. The van der Waals surface area contributed by atoms with Crippen LogP contribution in [0.2, 0.25) is 5.02 Å². The monoisotopic (exact) mass is 320 g/mol. The van der Waals surface area contributed by atoms with Gasteiger partial charge in [-0.25, -0.2) is 0 Å². The third-order valence-corrected chi connectivity index (χ3v) is 3.91. The summed E-state index contributed by atoms with van der Waals surface area (Å²) in [5, 5.41) is 3.86. The molecule has 3 rings (SSSR count). The lowest BCUT2D eigenvalue weighted by Gasteiger charge is -2.09. The van der Waals surface area contributed by atoms with Crippen molar-refractivity contribution in [1.82, 2.24) is 8.75 Å². The van der Waals surface area contributed by atoms with E-state index in [0.717, 1.165) is 39.7 Å². The largest absolute Gasteiger partial charge is 0.389 e. The molecule has 0 radical (unpaired) electrons. The second kappa shape index (κ2) is 5.32. The number of nitrogens with one attached hydrogen (secondary N) is 1. The Morgan fingerprint density at radius 2 is 1.90 bits per heavy atom. The maximum absolute atomic E-state index is 6.23. The van der Waals surface area contributed by atoms with Crippen LogP contribution in [-0.4, -0.2) is 13.7 Å². The summed E-state index contributed by atoms with van der Waals surface area (Å²) in [6.45, 7) is 0. The summed E-state index contributed by atoms with van der Waals surface area (Å²) in [6, 6.07) is 11.2. The summed E-state index contributed by atoms with van der Waals surface area (Å²) in [5.41, 5.74) is 9.62. The Morgan fingerprint density at radius 1 is 1.15 bits per heavy atom. The molecule has 0 bridgehead atoms. The predicted octanol–water partition coefficient (Wildman–Crippen LogP) is 3.72. The average molecular weight is 321 g/mol. The summed E-state index contributed by atoms with van der Waals surface area (Å²) in [4.78, 5) is 0.375. The highest BCUT2D eigenvalue weighted by atomic mass is 35.5. The van der Waals surface area contributed by atoms with Crippen molar-refractivity contribution in [1.29, 1.82) is 0 Å². The number of nitrogens with two attached hydrogens (primary N) is 1. The van der Waals surface area contributed by atoms with Gasteiger partial charge in [0.15, 0.2) is 0 Å². The van der Waals surface area contributed by atoms with E-state index in [4.69, 9.17) is 29.6 Å². The molecule has 100 valence electrons. The van der Waals surface area contributed by atoms with Crippen molar-refractivity contribution in [3.8, 4) is 0 Å². The SMILES string of the molecule is NC(=S)c1ccc(Nc2c(Cl)ccc3nsnc23)cc1. The third-order valence-electron chi connectivity index (χ3n) is 2.82. The van der Waals surface area contributed by atoms with Gasteiger partial charge >= 0.3 is 0 Å². The minimum atomic E-state index is 0.375. The lowest BCUT2D eigenvalue weighted by Crippen LogP contribution is -2.08. The van der Waals surface area contributed by atoms with Crippen molar-refractivity contribution in [2.24, 2.45) is 5.73 Å². The summed E-state index contributed by atoms with van der Waals surface area (Å²) >= 11 is 12.3. The van der Waals surface area contributed by atoms with Crippen molar-refractivity contribution in [3.63, 3.8) is 0 Å². The van der Waals surface area contributed by atoms with Gasteiger partial charge in [0.1, 0.15) is 16.0 Å². The number of halogens is 1. The fraction of sp³-hybridized carbons (Fsp3) is 0. The zero-order valence-corrected chi connectivity index (χ0v) is 12.5. The lowest BCUT2D eigenvalue weighted by atomic mass is 10.2. The number of anilines is 2. The molecule has 0 saturated heterocycles. The molecule has 0 aliphatic rings. The highest BCUT2D eigenvalue weighted by molar-refractivity contribution is 7.80. The molecule has 4 nitrogen and oxygen atoms in total. The zero-order chi connectivity index (χ0) is 14.1. The highest BCUT2D eigenvalue weighted by Crippen LogP contribution is 2.32. The Labute approximate surface area is 129 Å². The minimum Gasteiger partial charge on any atom is -0.389 e. The number of rotatable bonds is 3. The van der Waals surface area contributed by atoms with Crippen molar-refractivity contribution in [3.05, 3.63) is 47.0 Å². The number of nitrogens with zero attached hydrogens (tertiary/aromatic N) is 2. The number of thiocarbonyl (C=S) groups is 1. The molecule has 20 heavy (non-hydrogen) atoms. The zero-order valence-electron chi connectivity index (χ0n) is 10.1. The van der Waals surface area contributed by atoms with Gasteiger partial charge in [-0.2, -0.15) is 8.75 Å². The third kappa shape index (κ3) is 2.45. The van der Waals surface area contributed by atoms with E-state index >= 15 is 0 Å². The summed E-state index contributed by atoms with van der Waals surface area (Å²) in [6.07, 6.45) is 0. The predicted molar refractivity (Wildman–Crippen MR) is 88.0 cm³/mol. The number of hydrogen-bond donors (Lipinski definition) is 2. The Hall–Kier alpha value is -1.76. The molecule has 3 aromatic rings. The number of hydrogen-bond acceptors (Lipinski definition) is 5. The second-order valence-corrected chi connectivity index (χ2v) is 5.50. The van der Waals surface area contributed by atoms with Gasteiger partial charge in [0.05, 0.1) is 22.4 Å². The van der Waals surface area contributed by atoms with Crippen LogP contribution in [0.5, 0.6) is 0 Å². The molecule has 0 unspecified atom stereocenters. The van der Waals surface area contributed by atoms with Gasteiger partial charge in [0.2, 0.25) is 0 Å². The van der Waals surface area contributed by atoms with E-state index in [-0.39, 0.29) is 0 Å². The first-order chi connectivity index (χ1) is 9.65. The topological polar surface area (TPSA) is 63.8 Å². The maximum Gasteiger partial charge on any atom is 0.129 e. The molecule has 3 N–H and O–H groups in total. The normalized spacial score (nSPS) is 10.7. The van der Waals surface area contributed by atoms with Crippen molar-refractivity contribution < 1.29 is 0 Å². The molecule has 7 heteroatoms. The van der Waals surface area contributed by atoms with E-state index in [1.807, 2.05) is 30.3 Å². The smallest absolute Gasteiger partial charge is 0.129 e. The average Bonchev–Trinajstić information content (AvgIpc) is 2.91. The molecular formula is C13H9ClN4S2. The molecule has 0 spiro atoms. The fourth-order valence-corrected chi connectivity index (χ4v) is 2.69. The molecule has 0 aliphatic heterocycles. The van der Waals surface area contributed by atoms with Gasteiger partial charge in [-0.15, -0.1) is 0 Å². The van der Waals surface area contributed by atoms with Crippen LogP contribution >= 0.6 is 35.5 Å². The van der Waals surface area contributed by atoms with Crippen molar-refractivity contribution in [2.75, 3.05) is 5.32 Å². The molecule has 1 heterocycles. The first-order valence-corrected chi connectivity index (χ1v) is 7.24. The van der Waals surface area contributed by atoms with Crippen LogP contribution in [0, 0.1) is 0 Å². The first-order valence-electron chi connectivity index (χ1n) is 5.73. The van der Waals surface area contributed by atoms with Gasteiger partial charge in [0.25, 0.3) is 0 Å². The molecule has 0 aliphatic carbocycles. The highest BCUT2D eigenvalue weighted by Gasteiger charge is 2.10. The van der Waals surface area contributed by atoms with E-state index in [9.17, 15) is 0 Å². The molecule has 2 aromatic carbocycles. The van der Waals surface area contributed by atoms with Crippen LogP contribution in [0.25, 0.3) is 11.0 Å². The number of aromatic nitrogens is 2. The van der Waals surface area contributed by atoms with Crippen LogP contribution in [0.1, 0.15) is 5.56 Å². The molecule has 0 fully saturated rings. The molecular weight excluding hydrogens is 312 g/mol. The maximum atomic E-state index is 6.23. The van der Waals surface area contributed by atoms with Crippen LogP contribution < -0.4 is 11.1 Å². The molecule has 0 saturated carbocycles. The van der Waals surface area contributed by atoms with Gasteiger partial charge in [0, 0.05) is 11.3 Å². The Morgan fingerprint density at radius 3 is 2.60 bits per heavy atom. The molecule has 0 atom stereocenters. The minimum absolute atomic E-state index is 0.375. The Kier molecular flexibility index (Phi) is 3.52. The summed E-state index contributed by atoms with van der Waals surface area (Å²) < 4.78 is 8.46. The van der Waals surface area contributed by atoms with Crippen molar-refractivity contribution in [2.45, 2.75) is 0 Å².